The number of nitrogens with zero attached hydrogens (tertiary/aromatic N) is 1. The van der Waals surface area contributed by atoms with Crippen LogP contribution in [0.5, 0.6) is 11.6 Å². The lowest BCUT2D eigenvalue weighted by Crippen LogP contribution is -2.45. The van der Waals surface area contributed by atoms with Crippen LogP contribution in [0.3, 0.4) is 0 Å². The molecule has 1 atom stereocenters. The van der Waals surface area contributed by atoms with E-state index in [1.54, 1.807) is 18.3 Å². The van der Waals surface area contributed by atoms with Crippen molar-refractivity contribution in [3.8, 4) is 11.6 Å². The first-order chi connectivity index (χ1) is 11.6. The van der Waals surface area contributed by atoms with Crippen molar-refractivity contribution in [1.82, 2.24) is 10.3 Å². The highest BCUT2D eigenvalue weighted by Crippen LogP contribution is 2.30. The lowest BCUT2D eigenvalue weighted by Gasteiger charge is -2.23. The third kappa shape index (κ3) is 3.72. The van der Waals surface area contributed by atoms with Gasteiger partial charge in [0.1, 0.15) is 17.5 Å². The molecule has 1 unspecified atom stereocenters. The van der Waals surface area contributed by atoms with E-state index in [0.29, 0.717) is 24.7 Å². The first-order valence-corrected chi connectivity index (χ1v) is 7.97. The van der Waals surface area contributed by atoms with Crippen molar-refractivity contribution in [1.29, 1.82) is 0 Å². The van der Waals surface area contributed by atoms with Crippen LogP contribution >= 0.6 is 0 Å². The van der Waals surface area contributed by atoms with Gasteiger partial charge in [-0.15, -0.1) is 0 Å². The Kier molecular flexibility index (Phi) is 5.08. The van der Waals surface area contributed by atoms with Crippen LogP contribution in [0.15, 0.2) is 36.5 Å². The molecule has 0 aliphatic carbocycles. The van der Waals surface area contributed by atoms with Crippen LogP contribution in [-0.4, -0.2) is 36.7 Å². The monoisotopic (exact) mass is 327 g/mol. The molecule has 1 aliphatic heterocycles. The number of rotatable bonds is 4. The molecule has 1 aliphatic rings. The molecule has 1 amide bonds. The predicted molar refractivity (Wildman–Crippen MR) is 91.5 cm³/mol. The molecule has 0 bridgehead atoms. The summed E-state index contributed by atoms with van der Waals surface area (Å²) >= 11 is 0. The van der Waals surface area contributed by atoms with Gasteiger partial charge in [0.05, 0.1) is 6.61 Å². The minimum absolute atomic E-state index is 0.207. The van der Waals surface area contributed by atoms with E-state index >= 15 is 0 Å². The molecule has 2 heterocycles. The number of aromatic nitrogens is 1. The zero-order chi connectivity index (χ0) is 16.9. The minimum Gasteiger partial charge on any atom is -0.437 e. The van der Waals surface area contributed by atoms with E-state index in [1.165, 1.54) is 0 Å². The van der Waals surface area contributed by atoms with Gasteiger partial charge in [-0.3, -0.25) is 4.79 Å². The van der Waals surface area contributed by atoms with Crippen LogP contribution < -0.4 is 15.4 Å². The third-order valence-corrected chi connectivity index (χ3v) is 4.01. The van der Waals surface area contributed by atoms with Crippen LogP contribution in [0.25, 0.3) is 0 Å². The lowest BCUT2D eigenvalue weighted by atomic mass is 10.1. The smallest absolute Gasteiger partial charge is 0.254 e. The standard InChI is InChI=1S/C18H21N3O3/c1-12-5-3-7-15(13(12)2)24-18-14(6-4-8-20-18)21-17(22)16-11-19-9-10-23-16/h3-8,16,19H,9-11H2,1-2H3,(H,21,22). The fraction of sp³-hybridized carbons (Fsp3) is 0.333. The second-order valence-electron chi connectivity index (χ2n) is 5.71. The van der Waals surface area contributed by atoms with Gasteiger partial charge in [0.2, 0.25) is 5.88 Å². The molecule has 2 N–H and O–H groups in total. The Morgan fingerprint density at radius 3 is 3.00 bits per heavy atom. The Morgan fingerprint density at radius 1 is 1.33 bits per heavy atom. The van der Waals surface area contributed by atoms with Gasteiger partial charge >= 0.3 is 0 Å². The Hall–Kier alpha value is -2.44. The molecule has 2 aromatic rings. The summed E-state index contributed by atoms with van der Waals surface area (Å²) < 4.78 is 11.4. The Labute approximate surface area is 141 Å². The summed E-state index contributed by atoms with van der Waals surface area (Å²) in [6.07, 6.45) is 1.13. The lowest BCUT2D eigenvalue weighted by molar-refractivity contribution is -0.128. The van der Waals surface area contributed by atoms with E-state index in [9.17, 15) is 4.79 Å². The average Bonchev–Trinajstić information content (AvgIpc) is 2.61. The quantitative estimate of drug-likeness (QED) is 0.902. The van der Waals surface area contributed by atoms with Crippen molar-refractivity contribution < 1.29 is 14.3 Å². The number of ether oxygens (including phenoxy) is 2. The van der Waals surface area contributed by atoms with E-state index in [0.717, 1.165) is 23.4 Å². The number of carbonyl (C=O) groups excluding carboxylic acids is 1. The van der Waals surface area contributed by atoms with E-state index < -0.39 is 6.10 Å². The van der Waals surface area contributed by atoms with Gasteiger partial charge in [-0.2, -0.15) is 0 Å². The fourth-order valence-electron chi connectivity index (χ4n) is 2.45. The van der Waals surface area contributed by atoms with Gasteiger partial charge in [-0.1, -0.05) is 12.1 Å². The van der Waals surface area contributed by atoms with Crippen molar-refractivity contribution in [2.24, 2.45) is 0 Å². The summed E-state index contributed by atoms with van der Waals surface area (Å²) in [6, 6.07) is 9.36. The summed E-state index contributed by atoms with van der Waals surface area (Å²) in [6.45, 7) is 5.80. The van der Waals surface area contributed by atoms with Crippen LogP contribution in [0.4, 0.5) is 5.69 Å². The average molecular weight is 327 g/mol. The highest BCUT2D eigenvalue weighted by Gasteiger charge is 2.23. The van der Waals surface area contributed by atoms with Crippen molar-refractivity contribution in [2.75, 3.05) is 25.0 Å². The molecule has 126 valence electrons. The molecule has 24 heavy (non-hydrogen) atoms. The highest BCUT2D eigenvalue weighted by molar-refractivity contribution is 5.95. The molecule has 0 radical (unpaired) electrons. The first kappa shape index (κ1) is 16.4. The topological polar surface area (TPSA) is 72.5 Å². The number of anilines is 1. The summed E-state index contributed by atoms with van der Waals surface area (Å²) in [5, 5.41) is 5.98. The molecule has 1 fully saturated rings. The second-order valence-corrected chi connectivity index (χ2v) is 5.71. The van der Waals surface area contributed by atoms with Crippen LogP contribution in [0.2, 0.25) is 0 Å². The van der Waals surface area contributed by atoms with Gasteiger partial charge in [0.25, 0.3) is 5.91 Å². The summed E-state index contributed by atoms with van der Waals surface area (Å²) in [5.74, 6) is 0.879. The van der Waals surface area contributed by atoms with Crippen LogP contribution in [0.1, 0.15) is 11.1 Å². The van der Waals surface area contributed by atoms with Gasteiger partial charge in [0, 0.05) is 19.3 Å². The fourth-order valence-corrected chi connectivity index (χ4v) is 2.45. The van der Waals surface area contributed by atoms with Crippen LogP contribution in [0, 0.1) is 13.8 Å². The summed E-state index contributed by atoms with van der Waals surface area (Å²) in [4.78, 5) is 16.6. The Bertz CT molecular complexity index is 727. The first-order valence-electron chi connectivity index (χ1n) is 7.97. The van der Waals surface area contributed by atoms with Gasteiger partial charge in [-0.25, -0.2) is 4.98 Å². The molecule has 1 saturated heterocycles. The maximum absolute atomic E-state index is 12.3. The van der Waals surface area contributed by atoms with Crippen LogP contribution in [-0.2, 0) is 9.53 Å². The Balaban J connectivity index is 1.77. The largest absolute Gasteiger partial charge is 0.437 e. The third-order valence-electron chi connectivity index (χ3n) is 4.01. The maximum Gasteiger partial charge on any atom is 0.254 e. The second kappa shape index (κ2) is 7.42. The number of benzene rings is 1. The van der Waals surface area contributed by atoms with E-state index in [2.05, 4.69) is 15.6 Å². The highest BCUT2D eigenvalue weighted by atomic mass is 16.5. The molecule has 6 nitrogen and oxygen atoms in total. The Morgan fingerprint density at radius 2 is 2.21 bits per heavy atom. The van der Waals surface area contributed by atoms with Crippen molar-refractivity contribution in [2.45, 2.75) is 20.0 Å². The normalized spacial score (nSPS) is 17.3. The summed E-state index contributed by atoms with van der Waals surface area (Å²) in [7, 11) is 0. The molecular weight excluding hydrogens is 306 g/mol. The molecule has 6 heteroatoms. The number of nitrogens with one attached hydrogen (secondary N) is 2. The van der Waals surface area contributed by atoms with Gasteiger partial charge in [0.15, 0.2) is 0 Å². The van der Waals surface area contributed by atoms with Gasteiger partial charge in [-0.05, 0) is 43.2 Å². The van der Waals surface area contributed by atoms with Crippen molar-refractivity contribution >= 4 is 11.6 Å². The molecular formula is C18H21N3O3. The summed E-state index contributed by atoms with van der Waals surface area (Å²) in [5.41, 5.74) is 2.70. The molecule has 0 spiro atoms. The van der Waals surface area contributed by atoms with E-state index in [4.69, 9.17) is 9.47 Å². The molecule has 0 saturated carbocycles. The van der Waals surface area contributed by atoms with Crippen molar-refractivity contribution in [3.63, 3.8) is 0 Å². The zero-order valence-electron chi connectivity index (χ0n) is 13.8. The van der Waals surface area contributed by atoms with E-state index in [-0.39, 0.29) is 5.91 Å². The SMILES string of the molecule is Cc1cccc(Oc2ncccc2NC(=O)C2CNCCO2)c1C. The van der Waals surface area contributed by atoms with Crippen molar-refractivity contribution in [3.05, 3.63) is 47.7 Å². The number of pyridine rings is 1. The molecule has 1 aromatic carbocycles. The van der Waals surface area contributed by atoms with E-state index in [1.807, 2.05) is 32.0 Å². The number of amides is 1. The predicted octanol–water partition coefficient (Wildman–Crippen LogP) is 2.42. The maximum atomic E-state index is 12.3. The number of carbonyl (C=O) groups is 1. The van der Waals surface area contributed by atoms with Gasteiger partial charge < -0.3 is 20.1 Å². The number of aryl methyl sites for hydroxylation is 1. The number of morpholine rings is 1. The number of hydrogen-bond donors (Lipinski definition) is 2. The molecule has 1 aromatic heterocycles. The molecule has 3 rings (SSSR count). The minimum atomic E-state index is -0.507. The number of hydrogen-bond acceptors (Lipinski definition) is 5. The zero-order valence-corrected chi connectivity index (χ0v) is 13.8.